The minimum absolute atomic E-state index is 0.660. The van der Waals surface area contributed by atoms with E-state index < -0.39 is 0 Å². The molecule has 0 nitrogen and oxygen atoms in total. The summed E-state index contributed by atoms with van der Waals surface area (Å²) in [4.78, 5) is 0. The topological polar surface area (TPSA) is 0 Å². The van der Waals surface area contributed by atoms with Crippen molar-refractivity contribution in [3.05, 3.63) is 249 Å². The van der Waals surface area contributed by atoms with Gasteiger partial charge in [0.1, 0.15) is 0 Å². The van der Waals surface area contributed by atoms with E-state index in [-0.39, 0.29) is 0 Å². The summed E-state index contributed by atoms with van der Waals surface area (Å²) in [6, 6.07) is 61.8. The zero-order valence-electron chi connectivity index (χ0n) is 35.5. The quantitative estimate of drug-likeness (QED) is 0.0752. The summed E-state index contributed by atoms with van der Waals surface area (Å²) in [6.07, 6.45) is 0. The van der Waals surface area contributed by atoms with Gasteiger partial charge in [-0.25, -0.2) is 0 Å². The van der Waals surface area contributed by atoms with Gasteiger partial charge in [0, 0.05) is 34.5 Å². The molecular weight excluding hydrogens is 1030 g/mol. The first-order valence-electron chi connectivity index (χ1n) is 20.8. The lowest BCUT2D eigenvalue weighted by Crippen LogP contribution is -2.14. The molecule has 66 heavy (non-hydrogen) atoms. The molecule has 0 fully saturated rings. The number of hydrogen-bond donors (Lipinski definition) is 0. The summed E-state index contributed by atoms with van der Waals surface area (Å²) >= 11 is 47.4. The van der Waals surface area contributed by atoms with Crippen molar-refractivity contribution < 1.29 is 0 Å². The molecule has 330 valence electrons. The Morgan fingerprint density at radius 1 is 0.212 bits per heavy atom. The highest BCUT2D eigenvalue weighted by Gasteiger charge is 2.27. The maximum absolute atomic E-state index is 6.18. The van der Waals surface area contributed by atoms with E-state index in [0.29, 0.717) is 34.5 Å². The summed E-state index contributed by atoms with van der Waals surface area (Å²) in [5.41, 5.74) is 13.8. The fourth-order valence-corrected chi connectivity index (χ4v) is 14.3. The number of thioether (sulfide) groups is 6. The molecule has 0 atom stereocenters. The van der Waals surface area contributed by atoms with Crippen molar-refractivity contribution >= 4 is 169 Å². The Morgan fingerprint density at radius 2 is 0.333 bits per heavy atom. The molecule has 0 heterocycles. The Balaban J connectivity index is 1.43. The van der Waals surface area contributed by atoms with Crippen LogP contribution in [0.2, 0.25) is 0 Å². The molecule has 7 aromatic rings. The van der Waals surface area contributed by atoms with Crippen LogP contribution < -0.4 is 0 Å². The highest BCUT2D eigenvalue weighted by atomic mass is 32.2. The molecule has 0 aromatic heterocycles. The molecule has 0 spiro atoms. The Bertz CT molecular complexity index is 2260. The Morgan fingerprint density at radius 3 is 0.455 bits per heavy atom. The number of rotatable bonds is 18. The fraction of sp³-hybridized carbons (Fsp3) is 0.111. The van der Waals surface area contributed by atoms with E-state index in [9.17, 15) is 0 Å². The lowest BCUT2D eigenvalue weighted by molar-refractivity contribution is 1.08. The van der Waals surface area contributed by atoms with Crippen LogP contribution in [0.25, 0.3) is 0 Å². The summed E-state index contributed by atoms with van der Waals surface area (Å²) < 4.78 is 5.10. The molecule has 0 aliphatic carbocycles. The van der Waals surface area contributed by atoms with Crippen LogP contribution in [0, 0.1) is 0 Å². The third-order valence-electron chi connectivity index (χ3n) is 10.3. The van der Waals surface area contributed by atoms with Gasteiger partial charge in [-0.15, -0.1) is 70.6 Å². The van der Waals surface area contributed by atoms with E-state index in [4.69, 9.17) is 73.3 Å². The molecule has 0 N–H and O–H groups in total. The number of thiocarbonyl (C=S) groups is 6. The maximum atomic E-state index is 6.18. The van der Waals surface area contributed by atoms with Crippen LogP contribution in [0.1, 0.15) is 66.8 Å². The summed E-state index contributed by atoms with van der Waals surface area (Å²) in [7, 11) is 0. The van der Waals surface area contributed by atoms with Crippen LogP contribution in [0.15, 0.2) is 182 Å². The van der Waals surface area contributed by atoms with E-state index in [1.807, 2.05) is 109 Å². The van der Waals surface area contributed by atoms with Gasteiger partial charge in [-0.3, -0.25) is 0 Å². The van der Waals surface area contributed by atoms with Crippen molar-refractivity contribution in [1.82, 2.24) is 0 Å². The molecule has 7 aromatic carbocycles. The van der Waals surface area contributed by atoms with E-state index in [1.54, 1.807) is 70.6 Å². The number of hydrogen-bond acceptors (Lipinski definition) is 12. The second-order valence-electron chi connectivity index (χ2n) is 14.5. The molecule has 12 heteroatoms. The second-order valence-corrected chi connectivity index (χ2v) is 24.4. The molecule has 0 amide bonds. The van der Waals surface area contributed by atoms with E-state index in [2.05, 4.69) is 72.8 Å². The SMILES string of the molecule is S=C(SCc1c(CSC(=S)c2ccccc2)c(CSC(=S)c2ccccc2)c(CSC(=S)c2ccccc2)c(CSC(=S)c2ccccc2)c1CSC(=S)c1ccccc1)c1ccccc1. The van der Waals surface area contributed by atoms with Gasteiger partial charge in [0.25, 0.3) is 0 Å². The van der Waals surface area contributed by atoms with Crippen LogP contribution in [0.3, 0.4) is 0 Å². The number of benzene rings is 7. The van der Waals surface area contributed by atoms with Gasteiger partial charge >= 0.3 is 0 Å². The predicted molar refractivity (Wildman–Crippen MR) is 323 cm³/mol. The molecular formula is C54H42S12. The average Bonchev–Trinajstić information content (AvgIpc) is 3.38. The molecule has 0 unspecified atom stereocenters. The van der Waals surface area contributed by atoms with Gasteiger partial charge in [-0.2, -0.15) is 0 Å². The van der Waals surface area contributed by atoms with Crippen LogP contribution in [-0.2, 0) is 34.5 Å². The van der Waals surface area contributed by atoms with Crippen molar-refractivity contribution in [1.29, 1.82) is 0 Å². The Labute approximate surface area is 447 Å². The first-order chi connectivity index (χ1) is 32.3. The standard InChI is InChI=1S/C54H42S12/c55-49(37-19-7-1-8-20-37)61-31-43-44(32-62-50(56)38-21-9-2-10-22-38)46(34-64-52(58)40-25-13-4-14-26-40)48(36-66-54(60)42-29-17-6-18-30-42)47(35-65-53(59)41-27-15-5-16-28-41)45(43)33-63-51(57)39-23-11-3-12-24-39/h1-30H,31-36H2. The van der Waals surface area contributed by atoms with Crippen molar-refractivity contribution in [2.24, 2.45) is 0 Å². The zero-order valence-corrected chi connectivity index (χ0v) is 45.3. The van der Waals surface area contributed by atoms with Gasteiger partial charge in [-0.05, 0) is 66.8 Å². The lowest BCUT2D eigenvalue weighted by atomic mass is 9.90. The second kappa shape index (κ2) is 26.8. The van der Waals surface area contributed by atoms with Gasteiger partial charge < -0.3 is 0 Å². The average molecular weight is 1080 g/mol. The molecule has 0 aliphatic rings. The Kier molecular flexibility index (Phi) is 20.7. The smallest absolute Gasteiger partial charge is 0.0781 e. The summed E-state index contributed by atoms with van der Waals surface area (Å²) in [5.74, 6) is 3.96. The molecule has 0 saturated carbocycles. The van der Waals surface area contributed by atoms with Gasteiger partial charge in [0.05, 0.1) is 25.2 Å². The Hall–Kier alpha value is -2.82. The largest absolute Gasteiger partial charge is 0.109 e. The lowest BCUT2D eigenvalue weighted by Gasteiger charge is -2.27. The minimum Gasteiger partial charge on any atom is -0.109 e. The van der Waals surface area contributed by atoms with E-state index in [0.717, 1.165) is 58.6 Å². The van der Waals surface area contributed by atoms with Crippen molar-refractivity contribution in [2.45, 2.75) is 34.5 Å². The predicted octanol–water partition coefficient (Wildman–Crippen LogP) is 17.3. The van der Waals surface area contributed by atoms with Crippen molar-refractivity contribution in [3.8, 4) is 0 Å². The molecule has 0 aliphatic heterocycles. The first kappa shape index (κ1) is 51.0. The van der Waals surface area contributed by atoms with Gasteiger partial charge in [0.15, 0.2) is 0 Å². The van der Waals surface area contributed by atoms with E-state index in [1.165, 1.54) is 33.4 Å². The minimum atomic E-state index is 0.660. The van der Waals surface area contributed by atoms with Crippen LogP contribution in [0.5, 0.6) is 0 Å². The molecule has 0 saturated heterocycles. The zero-order chi connectivity index (χ0) is 46.1. The normalized spacial score (nSPS) is 10.9. The third kappa shape index (κ3) is 14.6. The van der Waals surface area contributed by atoms with E-state index >= 15 is 0 Å². The van der Waals surface area contributed by atoms with Gasteiger partial charge in [0.2, 0.25) is 0 Å². The molecule has 0 radical (unpaired) electrons. The summed E-state index contributed by atoms with van der Waals surface area (Å²) in [6.45, 7) is 0. The van der Waals surface area contributed by atoms with Crippen LogP contribution in [0.4, 0.5) is 0 Å². The highest BCUT2D eigenvalue weighted by molar-refractivity contribution is 8.25. The fourth-order valence-electron chi connectivity index (χ4n) is 6.91. The van der Waals surface area contributed by atoms with Crippen molar-refractivity contribution in [2.75, 3.05) is 0 Å². The maximum Gasteiger partial charge on any atom is 0.0781 e. The highest BCUT2D eigenvalue weighted by Crippen LogP contribution is 2.43. The summed E-state index contributed by atoms with van der Waals surface area (Å²) in [5, 5.41) is 0. The van der Waals surface area contributed by atoms with Crippen LogP contribution in [-0.4, -0.2) is 25.2 Å². The van der Waals surface area contributed by atoms with Crippen LogP contribution >= 0.6 is 144 Å². The van der Waals surface area contributed by atoms with Gasteiger partial charge in [-0.1, -0.05) is 255 Å². The molecule has 7 rings (SSSR count). The monoisotopic (exact) mass is 1070 g/mol. The third-order valence-corrected chi connectivity index (χ3v) is 19.4. The molecule has 0 bridgehead atoms. The first-order valence-corrected chi connectivity index (χ1v) is 29.1. The van der Waals surface area contributed by atoms with Crippen molar-refractivity contribution in [3.63, 3.8) is 0 Å².